The summed E-state index contributed by atoms with van der Waals surface area (Å²) in [5.41, 5.74) is 0.512. The molecule has 3 heteroatoms. The van der Waals surface area contributed by atoms with Crippen molar-refractivity contribution in [1.82, 2.24) is 0 Å². The molecule has 1 rings (SSSR count). The van der Waals surface area contributed by atoms with Crippen LogP contribution in [0.5, 0.6) is 5.75 Å². The molecule has 14 heavy (non-hydrogen) atoms. The van der Waals surface area contributed by atoms with Crippen LogP contribution in [0.25, 0.3) is 0 Å². The normalized spacial score (nSPS) is 9.50. The molecular weight excluding hydrogens is 200 g/mol. The minimum Gasteiger partial charge on any atom is -0.492 e. The number of rotatable bonds is 5. The van der Waals surface area contributed by atoms with Gasteiger partial charge < -0.3 is 4.74 Å². The highest BCUT2D eigenvalue weighted by molar-refractivity contribution is 6.30. The van der Waals surface area contributed by atoms with E-state index in [1.54, 1.807) is 24.3 Å². The molecule has 1 aromatic carbocycles. The Hall–Kier alpha value is -1.28. The lowest BCUT2D eigenvalue weighted by Crippen LogP contribution is -1.98. The number of hydrogen-bond donors (Lipinski definition) is 0. The van der Waals surface area contributed by atoms with Gasteiger partial charge in [-0.1, -0.05) is 17.7 Å². The molecule has 0 aliphatic rings. The van der Waals surface area contributed by atoms with Crippen molar-refractivity contribution >= 4 is 17.9 Å². The summed E-state index contributed by atoms with van der Waals surface area (Å²) in [6, 6.07) is 4.93. The van der Waals surface area contributed by atoms with Crippen LogP contribution in [0.3, 0.4) is 0 Å². The largest absolute Gasteiger partial charge is 0.492 e. The summed E-state index contributed by atoms with van der Waals surface area (Å²) in [5.74, 6) is 0.523. The van der Waals surface area contributed by atoms with Gasteiger partial charge in [0.25, 0.3) is 0 Å². The molecule has 0 unspecified atom stereocenters. The average molecular weight is 211 g/mol. The number of carbonyl (C=O) groups is 1. The molecule has 0 bridgehead atoms. The number of carbonyl (C=O) groups excluding carboxylic acids is 1. The van der Waals surface area contributed by atoms with Gasteiger partial charge in [-0.05, 0) is 24.6 Å². The molecule has 0 atom stereocenters. The maximum absolute atomic E-state index is 10.6. The van der Waals surface area contributed by atoms with Gasteiger partial charge in [0.15, 0.2) is 6.29 Å². The van der Waals surface area contributed by atoms with E-state index in [1.807, 2.05) is 0 Å². The van der Waals surface area contributed by atoms with Crippen LogP contribution < -0.4 is 4.74 Å². The average Bonchev–Trinajstić information content (AvgIpc) is 2.19. The van der Waals surface area contributed by atoms with Crippen LogP contribution >= 0.6 is 11.6 Å². The van der Waals surface area contributed by atoms with E-state index < -0.39 is 0 Å². The molecule has 0 aromatic heterocycles. The second-order valence-corrected chi connectivity index (χ2v) is 3.16. The molecule has 0 amide bonds. The van der Waals surface area contributed by atoms with Crippen molar-refractivity contribution in [3.8, 4) is 5.75 Å². The third-order valence-electron chi connectivity index (χ3n) is 1.68. The summed E-state index contributed by atoms with van der Waals surface area (Å²) in [6.07, 6.45) is 3.25. The lowest BCUT2D eigenvalue weighted by atomic mass is 10.2. The molecule has 74 valence electrons. The van der Waals surface area contributed by atoms with Gasteiger partial charge in [0.1, 0.15) is 5.75 Å². The third kappa shape index (κ3) is 2.89. The molecule has 0 aliphatic carbocycles. The first-order valence-electron chi connectivity index (χ1n) is 4.26. The first-order valence-corrected chi connectivity index (χ1v) is 4.64. The molecule has 0 radical (unpaired) electrons. The molecule has 0 heterocycles. The number of aldehydes is 1. The zero-order valence-corrected chi connectivity index (χ0v) is 8.46. The van der Waals surface area contributed by atoms with E-state index in [0.29, 0.717) is 22.9 Å². The van der Waals surface area contributed by atoms with E-state index in [4.69, 9.17) is 16.3 Å². The van der Waals surface area contributed by atoms with Gasteiger partial charge in [0, 0.05) is 5.02 Å². The lowest BCUT2D eigenvalue weighted by Gasteiger charge is -2.06. The zero-order chi connectivity index (χ0) is 10.4. The van der Waals surface area contributed by atoms with Gasteiger partial charge in [-0.25, -0.2) is 0 Å². The van der Waals surface area contributed by atoms with Crippen LogP contribution in [0, 0.1) is 0 Å². The number of ether oxygens (including phenoxy) is 1. The Bertz CT molecular complexity index is 334. The minimum atomic E-state index is 0.505. The van der Waals surface area contributed by atoms with Crippen molar-refractivity contribution in [3.05, 3.63) is 41.4 Å². The maximum atomic E-state index is 10.6. The Kier molecular flexibility index (Phi) is 4.20. The first-order chi connectivity index (χ1) is 6.77. The molecule has 2 nitrogen and oxygen atoms in total. The number of benzene rings is 1. The second kappa shape index (κ2) is 5.45. The van der Waals surface area contributed by atoms with Crippen LogP contribution in [-0.4, -0.2) is 12.9 Å². The van der Waals surface area contributed by atoms with Gasteiger partial charge in [-0.2, -0.15) is 0 Å². The molecule has 0 aliphatic heterocycles. The molecule has 0 fully saturated rings. The fraction of sp³-hybridized carbons (Fsp3) is 0.182. The van der Waals surface area contributed by atoms with Crippen molar-refractivity contribution < 1.29 is 9.53 Å². The van der Waals surface area contributed by atoms with E-state index in [-0.39, 0.29) is 0 Å². The van der Waals surface area contributed by atoms with Gasteiger partial charge in [-0.15, -0.1) is 6.58 Å². The highest BCUT2D eigenvalue weighted by atomic mass is 35.5. The Morgan fingerprint density at radius 1 is 1.50 bits per heavy atom. The van der Waals surface area contributed by atoms with Crippen molar-refractivity contribution in [1.29, 1.82) is 0 Å². The van der Waals surface area contributed by atoms with E-state index in [1.165, 1.54) is 0 Å². The maximum Gasteiger partial charge on any atom is 0.153 e. The third-order valence-corrected chi connectivity index (χ3v) is 1.92. The van der Waals surface area contributed by atoms with Crippen LogP contribution in [-0.2, 0) is 0 Å². The van der Waals surface area contributed by atoms with E-state index in [2.05, 4.69) is 6.58 Å². The fourth-order valence-electron chi connectivity index (χ4n) is 0.983. The summed E-state index contributed by atoms with van der Waals surface area (Å²) in [6.45, 7) is 4.08. The molecular formula is C11H11ClO2. The fourth-order valence-corrected chi connectivity index (χ4v) is 1.14. The van der Waals surface area contributed by atoms with Crippen molar-refractivity contribution in [2.45, 2.75) is 6.42 Å². The molecule has 0 N–H and O–H groups in total. The smallest absolute Gasteiger partial charge is 0.153 e. The molecule has 1 aromatic rings. The molecule has 0 saturated heterocycles. The summed E-state index contributed by atoms with van der Waals surface area (Å²) in [7, 11) is 0. The van der Waals surface area contributed by atoms with Crippen molar-refractivity contribution in [2.24, 2.45) is 0 Å². The lowest BCUT2D eigenvalue weighted by molar-refractivity contribution is 0.111. The SMILES string of the molecule is C=CCCOc1cc(Cl)ccc1C=O. The van der Waals surface area contributed by atoms with E-state index in [9.17, 15) is 4.79 Å². The zero-order valence-electron chi connectivity index (χ0n) is 7.70. The predicted molar refractivity (Wildman–Crippen MR) is 57.1 cm³/mol. The van der Waals surface area contributed by atoms with Crippen LogP contribution in [0.2, 0.25) is 5.02 Å². The Balaban J connectivity index is 2.76. The Morgan fingerprint density at radius 2 is 2.29 bits per heavy atom. The highest BCUT2D eigenvalue weighted by Crippen LogP contribution is 2.22. The van der Waals surface area contributed by atoms with Gasteiger partial charge in [0.05, 0.1) is 12.2 Å². The molecule has 0 spiro atoms. The van der Waals surface area contributed by atoms with Gasteiger partial charge >= 0.3 is 0 Å². The Labute approximate surface area is 88.1 Å². The van der Waals surface area contributed by atoms with Crippen molar-refractivity contribution in [2.75, 3.05) is 6.61 Å². The standard InChI is InChI=1S/C11H11ClO2/c1-2-3-6-14-11-7-10(12)5-4-9(11)8-13/h2,4-5,7-8H,1,3,6H2. The van der Waals surface area contributed by atoms with E-state index >= 15 is 0 Å². The summed E-state index contributed by atoms with van der Waals surface area (Å²) in [4.78, 5) is 10.6. The summed E-state index contributed by atoms with van der Waals surface area (Å²) < 4.78 is 5.36. The predicted octanol–water partition coefficient (Wildman–Crippen LogP) is 3.11. The second-order valence-electron chi connectivity index (χ2n) is 2.73. The number of hydrogen-bond acceptors (Lipinski definition) is 2. The summed E-state index contributed by atoms with van der Waals surface area (Å²) in [5, 5.41) is 0.559. The summed E-state index contributed by atoms with van der Waals surface area (Å²) >= 11 is 5.77. The van der Waals surface area contributed by atoms with Crippen LogP contribution in [0.1, 0.15) is 16.8 Å². The van der Waals surface area contributed by atoms with Gasteiger partial charge in [0.2, 0.25) is 0 Å². The van der Waals surface area contributed by atoms with Crippen LogP contribution in [0.15, 0.2) is 30.9 Å². The number of halogens is 1. The minimum absolute atomic E-state index is 0.505. The van der Waals surface area contributed by atoms with E-state index in [0.717, 1.165) is 12.7 Å². The molecule has 0 saturated carbocycles. The monoisotopic (exact) mass is 210 g/mol. The quantitative estimate of drug-likeness (QED) is 0.424. The van der Waals surface area contributed by atoms with Crippen molar-refractivity contribution in [3.63, 3.8) is 0 Å². The topological polar surface area (TPSA) is 26.3 Å². The first kappa shape index (κ1) is 10.8. The van der Waals surface area contributed by atoms with Gasteiger partial charge in [-0.3, -0.25) is 4.79 Å². The highest BCUT2D eigenvalue weighted by Gasteiger charge is 2.02. The Morgan fingerprint density at radius 3 is 2.93 bits per heavy atom. The van der Waals surface area contributed by atoms with Crippen LogP contribution in [0.4, 0.5) is 0 Å².